The molecule has 0 saturated carbocycles. The lowest BCUT2D eigenvalue weighted by Crippen LogP contribution is -1.85. The first kappa shape index (κ1) is 9.99. The van der Waals surface area contributed by atoms with Crippen LogP contribution in [0.1, 0.15) is 23.7 Å². The molecule has 1 unspecified atom stereocenters. The average molecular weight is 274 g/mol. The molecule has 0 saturated heterocycles. The van der Waals surface area contributed by atoms with Gasteiger partial charge in [-0.2, -0.15) is 0 Å². The third kappa shape index (κ3) is 1.66. The lowest BCUT2D eigenvalue weighted by atomic mass is 10.2. The van der Waals surface area contributed by atoms with Crippen LogP contribution in [0, 0.1) is 6.92 Å². The van der Waals surface area contributed by atoms with E-state index in [1.807, 2.05) is 26.0 Å². The monoisotopic (exact) mass is 272 g/mol. The molecule has 2 aromatic rings. The molecule has 0 radical (unpaired) electrons. The second-order valence-electron chi connectivity index (χ2n) is 3.36. The largest absolute Gasteiger partial charge is 0.341 e. The molecule has 1 aromatic carbocycles. The molecule has 1 atom stereocenters. The van der Waals surface area contributed by atoms with Crippen molar-refractivity contribution in [2.45, 2.75) is 19.2 Å². The Hall–Kier alpha value is -0.540. The second kappa shape index (κ2) is 3.55. The van der Waals surface area contributed by atoms with E-state index in [4.69, 9.17) is 11.6 Å². The molecular weight excluding hydrogens is 263 g/mol. The van der Waals surface area contributed by atoms with Crippen LogP contribution in [0.25, 0.3) is 11.0 Å². The van der Waals surface area contributed by atoms with Gasteiger partial charge in [0.1, 0.15) is 5.82 Å². The standard InChI is InChI=1S/C10H10BrClN2/c1-5-3-7(11)4-8-9(5)14-10(13-8)6(2)12/h3-4,6H,1-2H3,(H,13,14). The van der Waals surface area contributed by atoms with E-state index in [-0.39, 0.29) is 5.38 Å². The summed E-state index contributed by atoms with van der Waals surface area (Å²) in [6.45, 7) is 3.94. The van der Waals surface area contributed by atoms with E-state index < -0.39 is 0 Å². The van der Waals surface area contributed by atoms with Crippen LogP contribution < -0.4 is 0 Å². The van der Waals surface area contributed by atoms with Crippen molar-refractivity contribution >= 4 is 38.6 Å². The quantitative estimate of drug-likeness (QED) is 0.784. The molecule has 4 heteroatoms. The van der Waals surface area contributed by atoms with Crippen LogP contribution in [0.5, 0.6) is 0 Å². The fourth-order valence-corrected chi connectivity index (χ4v) is 2.13. The fourth-order valence-electron chi connectivity index (χ4n) is 1.45. The number of aryl methyl sites for hydroxylation is 1. The van der Waals surface area contributed by atoms with Crippen LogP contribution >= 0.6 is 27.5 Å². The molecule has 0 fully saturated rings. The Labute approximate surface area is 95.8 Å². The first-order chi connectivity index (χ1) is 6.58. The van der Waals surface area contributed by atoms with E-state index in [2.05, 4.69) is 25.9 Å². The van der Waals surface area contributed by atoms with Gasteiger partial charge in [-0.05, 0) is 31.5 Å². The number of fused-ring (bicyclic) bond motifs is 1. The Morgan fingerprint density at radius 2 is 2.21 bits per heavy atom. The van der Waals surface area contributed by atoms with Crippen LogP contribution in [-0.2, 0) is 0 Å². The van der Waals surface area contributed by atoms with Gasteiger partial charge in [0.2, 0.25) is 0 Å². The van der Waals surface area contributed by atoms with E-state index >= 15 is 0 Å². The molecule has 0 aliphatic heterocycles. The van der Waals surface area contributed by atoms with Crippen LogP contribution in [0.3, 0.4) is 0 Å². The zero-order chi connectivity index (χ0) is 10.3. The Morgan fingerprint density at radius 1 is 1.50 bits per heavy atom. The minimum atomic E-state index is -0.0828. The molecule has 0 amide bonds. The summed E-state index contributed by atoms with van der Waals surface area (Å²) in [4.78, 5) is 7.65. The summed E-state index contributed by atoms with van der Waals surface area (Å²) in [7, 11) is 0. The minimum absolute atomic E-state index is 0.0828. The number of hydrogen-bond acceptors (Lipinski definition) is 1. The summed E-state index contributed by atoms with van der Waals surface area (Å²) in [6, 6.07) is 4.06. The number of aromatic nitrogens is 2. The van der Waals surface area contributed by atoms with Crippen LogP contribution in [0.2, 0.25) is 0 Å². The highest BCUT2D eigenvalue weighted by Gasteiger charge is 2.09. The van der Waals surface area contributed by atoms with Gasteiger partial charge in [0.15, 0.2) is 0 Å². The summed E-state index contributed by atoms with van der Waals surface area (Å²) in [6.07, 6.45) is 0. The molecule has 0 aliphatic carbocycles. The van der Waals surface area contributed by atoms with Crippen molar-refractivity contribution in [1.82, 2.24) is 9.97 Å². The van der Waals surface area contributed by atoms with Crippen molar-refractivity contribution in [2.75, 3.05) is 0 Å². The highest BCUT2D eigenvalue weighted by atomic mass is 79.9. The van der Waals surface area contributed by atoms with Gasteiger partial charge in [0, 0.05) is 4.47 Å². The second-order valence-corrected chi connectivity index (χ2v) is 4.93. The number of imidazole rings is 1. The molecule has 0 aliphatic rings. The maximum Gasteiger partial charge on any atom is 0.125 e. The normalized spacial score (nSPS) is 13.4. The molecule has 2 nitrogen and oxygen atoms in total. The number of rotatable bonds is 1. The Bertz CT molecular complexity index is 476. The van der Waals surface area contributed by atoms with Crippen molar-refractivity contribution in [3.63, 3.8) is 0 Å². The number of alkyl halides is 1. The molecule has 2 rings (SSSR count). The van der Waals surface area contributed by atoms with Crippen molar-refractivity contribution < 1.29 is 0 Å². The van der Waals surface area contributed by atoms with Gasteiger partial charge < -0.3 is 4.98 Å². The van der Waals surface area contributed by atoms with E-state index in [1.54, 1.807) is 0 Å². The molecule has 14 heavy (non-hydrogen) atoms. The SMILES string of the molecule is Cc1cc(Br)cc2[nH]c(C(C)Cl)nc12. The van der Waals surface area contributed by atoms with Gasteiger partial charge in [0.05, 0.1) is 16.4 Å². The van der Waals surface area contributed by atoms with Crippen molar-refractivity contribution in [3.8, 4) is 0 Å². The lowest BCUT2D eigenvalue weighted by Gasteiger charge is -1.94. The molecule has 1 heterocycles. The number of nitrogens with zero attached hydrogens (tertiary/aromatic N) is 1. The van der Waals surface area contributed by atoms with Crippen molar-refractivity contribution in [3.05, 3.63) is 28.0 Å². The molecule has 1 N–H and O–H groups in total. The van der Waals surface area contributed by atoms with Crippen LogP contribution in [-0.4, -0.2) is 9.97 Å². The number of H-pyrrole nitrogens is 1. The van der Waals surface area contributed by atoms with Gasteiger partial charge in [0.25, 0.3) is 0 Å². The third-order valence-electron chi connectivity index (χ3n) is 2.14. The van der Waals surface area contributed by atoms with Crippen LogP contribution in [0.4, 0.5) is 0 Å². The molecule has 0 bridgehead atoms. The van der Waals surface area contributed by atoms with Crippen molar-refractivity contribution in [1.29, 1.82) is 0 Å². The first-order valence-corrected chi connectivity index (χ1v) is 5.60. The maximum atomic E-state index is 5.96. The molecule has 0 spiro atoms. The molecule has 1 aromatic heterocycles. The highest BCUT2D eigenvalue weighted by Crippen LogP contribution is 2.25. The van der Waals surface area contributed by atoms with Gasteiger partial charge >= 0.3 is 0 Å². The third-order valence-corrected chi connectivity index (χ3v) is 2.80. The first-order valence-electron chi connectivity index (χ1n) is 4.38. The zero-order valence-corrected chi connectivity index (χ0v) is 10.3. The Kier molecular flexibility index (Phi) is 2.54. The summed E-state index contributed by atoms with van der Waals surface area (Å²) in [5.74, 6) is 0.822. The molecule has 74 valence electrons. The lowest BCUT2D eigenvalue weighted by molar-refractivity contribution is 0.961. The fraction of sp³-hybridized carbons (Fsp3) is 0.300. The van der Waals surface area contributed by atoms with Crippen LogP contribution in [0.15, 0.2) is 16.6 Å². The van der Waals surface area contributed by atoms with E-state index in [0.717, 1.165) is 26.9 Å². The summed E-state index contributed by atoms with van der Waals surface area (Å²) in [5.41, 5.74) is 3.17. The van der Waals surface area contributed by atoms with Gasteiger partial charge in [-0.15, -0.1) is 11.6 Å². The average Bonchev–Trinajstić information content (AvgIpc) is 2.47. The highest BCUT2D eigenvalue weighted by molar-refractivity contribution is 9.10. The zero-order valence-electron chi connectivity index (χ0n) is 7.94. The number of halogens is 2. The van der Waals surface area contributed by atoms with E-state index in [0.29, 0.717) is 0 Å². The molecular formula is C10H10BrClN2. The van der Waals surface area contributed by atoms with Gasteiger partial charge in [-0.3, -0.25) is 0 Å². The smallest absolute Gasteiger partial charge is 0.125 e. The number of nitrogens with one attached hydrogen (secondary N) is 1. The predicted octanol–water partition coefficient (Wildman–Crippen LogP) is 3.93. The Morgan fingerprint density at radius 3 is 2.86 bits per heavy atom. The van der Waals surface area contributed by atoms with E-state index in [9.17, 15) is 0 Å². The summed E-state index contributed by atoms with van der Waals surface area (Å²) in [5, 5.41) is -0.0828. The maximum absolute atomic E-state index is 5.96. The van der Waals surface area contributed by atoms with Gasteiger partial charge in [-0.1, -0.05) is 15.9 Å². The summed E-state index contributed by atoms with van der Waals surface area (Å²) < 4.78 is 1.06. The predicted molar refractivity (Wildman–Crippen MR) is 62.8 cm³/mol. The number of hydrogen-bond donors (Lipinski definition) is 1. The summed E-state index contributed by atoms with van der Waals surface area (Å²) >= 11 is 9.41. The number of aromatic amines is 1. The van der Waals surface area contributed by atoms with Gasteiger partial charge in [-0.25, -0.2) is 4.98 Å². The topological polar surface area (TPSA) is 28.7 Å². The minimum Gasteiger partial charge on any atom is -0.341 e. The van der Waals surface area contributed by atoms with Crippen molar-refractivity contribution in [2.24, 2.45) is 0 Å². The Balaban J connectivity index is 2.70. The number of benzene rings is 1. The van der Waals surface area contributed by atoms with E-state index in [1.165, 1.54) is 0 Å².